The van der Waals surface area contributed by atoms with Gasteiger partial charge in [-0.25, -0.2) is 4.79 Å². The molecule has 0 bridgehead atoms. The standard InChI is InChI=1S/C20H27N3O5/c1-13(2)27-10-4-8-21-18(24)14-6-7-16-17(11-14)22-20(26)23(19(16)25)12-15-5-3-9-28-15/h6-7,11,13,15H,3-5,8-10,12H2,1-2H3,(H,21,24)(H,22,26). The third-order valence-corrected chi connectivity index (χ3v) is 4.71. The maximum Gasteiger partial charge on any atom is 0.328 e. The Labute approximate surface area is 162 Å². The zero-order chi connectivity index (χ0) is 20.1. The van der Waals surface area contributed by atoms with Crippen molar-refractivity contribution in [1.29, 1.82) is 0 Å². The molecule has 152 valence electrons. The highest BCUT2D eigenvalue weighted by molar-refractivity contribution is 5.97. The summed E-state index contributed by atoms with van der Waals surface area (Å²) in [7, 11) is 0. The predicted octanol–water partition coefficient (Wildman–Crippen LogP) is 1.41. The van der Waals surface area contributed by atoms with Crippen molar-refractivity contribution in [3.8, 4) is 0 Å². The molecule has 1 fully saturated rings. The number of carbonyl (C=O) groups is 1. The summed E-state index contributed by atoms with van der Waals surface area (Å²) in [5, 5.41) is 3.19. The number of hydrogen-bond donors (Lipinski definition) is 2. The van der Waals surface area contributed by atoms with E-state index in [1.807, 2.05) is 13.8 Å². The Bertz CT molecular complexity index is 941. The number of amides is 1. The first kappa shape index (κ1) is 20.3. The molecular formula is C20H27N3O5. The van der Waals surface area contributed by atoms with Gasteiger partial charge in [-0.1, -0.05) is 0 Å². The van der Waals surface area contributed by atoms with Gasteiger partial charge in [0, 0.05) is 25.3 Å². The molecule has 1 amide bonds. The smallest absolute Gasteiger partial charge is 0.328 e. The van der Waals surface area contributed by atoms with Crippen molar-refractivity contribution in [3.63, 3.8) is 0 Å². The van der Waals surface area contributed by atoms with Crippen molar-refractivity contribution >= 4 is 16.8 Å². The third-order valence-electron chi connectivity index (χ3n) is 4.71. The molecule has 1 unspecified atom stereocenters. The Balaban J connectivity index is 1.72. The topological polar surface area (TPSA) is 102 Å². The molecule has 0 saturated carbocycles. The number of aromatic nitrogens is 2. The Morgan fingerprint density at radius 2 is 2.21 bits per heavy atom. The van der Waals surface area contributed by atoms with Crippen LogP contribution in [0.2, 0.25) is 0 Å². The van der Waals surface area contributed by atoms with Crippen molar-refractivity contribution in [2.75, 3.05) is 19.8 Å². The lowest BCUT2D eigenvalue weighted by Crippen LogP contribution is -2.38. The largest absolute Gasteiger partial charge is 0.379 e. The summed E-state index contributed by atoms with van der Waals surface area (Å²) in [4.78, 5) is 40.1. The number of nitrogens with one attached hydrogen (secondary N) is 2. The van der Waals surface area contributed by atoms with Crippen LogP contribution < -0.4 is 16.6 Å². The normalized spacial score (nSPS) is 16.8. The van der Waals surface area contributed by atoms with Crippen LogP contribution in [0.3, 0.4) is 0 Å². The van der Waals surface area contributed by atoms with E-state index in [9.17, 15) is 14.4 Å². The van der Waals surface area contributed by atoms with E-state index in [4.69, 9.17) is 9.47 Å². The number of aromatic amines is 1. The van der Waals surface area contributed by atoms with Gasteiger partial charge in [0.05, 0.1) is 29.7 Å². The number of benzene rings is 1. The second kappa shape index (κ2) is 9.16. The number of carbonyl (C=O) groups excluding carboxylic acids is 1. The van der Waals surface area contributed by atoms with Crippen LogP contribution in [-0.2, 0) is 16.0 Å². The van der Waals surface area contributed by atoms with Crippen LogP contribution in [0.15, 0.2) is 27.8 Å². The van der Waals surface area contributed by atoms with Gasteiger partial charge in [0.1, 0.15) is 0 Å². The summed E-state index contributed by atoms with van der Waals surface area (Å²) >= 11 is 0. The van der Waals surface area contributed by atoms with E-state index < -0.39 is 5.69 Å². The van der Waals surface area contributed by atoms with Crippen LogP contribution in [0, 0.1) is 0 Å². The molecule has 8 heteroatoms. The summed E-state index contributed by atoms with van der Waals surface area (Å²) in [6.07, 6.45) is 2.54. The number of H-pyrrole nitrogens is 1. The first-order chi connectivity index (χ1) is 13.5. The maximum atomic E-state index is 12.7. The minimum absolute atomic E-state index is 0.110. The molecule has 0 radical (unpaired) electrons. The van der Waals surface area contributed by atoms with E-state index in [2.05, 4.69) is 10.3 Å². The van der Waals surface area contributed by atoms with Crippen LogP contribution in [-0.4, -0.2) is 47.4 Å². The molecule has 2 heterocycles. The summed E-state index contributed by atoms with van der Waals surface area (Å²) in [6.45, 7) is 5.89. The fourth-order valence-corrected chi connectivity index (χ4v) is 3.25. The van der Waals surface area contributed by atoms with E-state index in [-0.39, 0.29) is 30.2 Å². The molecule has 28 heavy (non-hydrogen) atoms. The zero-order valence-corrected chi connectivity index (χ0v) is 16.3. The molecule has 0 spiro atoms. The Morgan fingerprint density at radius 1 is 1.39 bits per heavy atom. The first-order valence-electron chi connectivity index (χ1n) is 9.74. The molecule has 1 saturated heterocycles. The van der Waals surface area contributed by atoms with E-state index in [0.29, 0.717) is 42.6 Å². The highest BCUT2D eigenvalue weighted by atomic mass is 16.5. The minimum atomic E-state index is -0.489. The van der Waals surface area contributed by atoms with Gasteiger partial charge < -0.3 is 19.8 Å². The van der Waals surface area contributed by atoms with E-state index in [1.54, 1.807) is 12.1 Å². The van der Waals surface area contributed by atoms with Crippen molar-refractivity contribution < 1.29 is 14.3 Å². The quantitative estimate of drug-likeness (QED) is 0.665. The molecule has 0 aliphatic carbocycles. The average Bonchev–Trinajstić information content (AvgIpc) is 3.17. The lowest BCUT2D eigenvalue weighted by atomic mass is 10.1. The monoisotopic (exact) mass is 389 g/mol. The van der Waals surface area contributed by atoms with Gasteiger partial charge in [-0.05, 0) is 51.3 Å². The van der Waals surface area contributed by atoms with E-state index >= 15 is 0 Å². The van der Waals surface area contributed by atoms with Gasteiger partial charge in [0.2, 0.25) is 0 Å². The van der Waals surface area contributed by atoms with Gasteiger partial charge in [0.15, 0.2) is 0 Å². The maximum absolute atomic E-state index is 12.7. The van der Waals surface area contributed by atoms with Crippen molar-refractivity contribution in [2.24, 2.45) is 0 Å². The molecule has 3 rings (SSSR count). The second-order valence-corrected chi connectivity index (χ2v) is 7.27. The van der Waals surface area contributed by atoms with Crippen molar-refractivity contribution in [3.05, 3.63) is 44.6 Å². The number of nitrogens with zero attached hydrogens (tertiary/aromatic N) is 1. The number of ether oxygens (including phenoxy) is 2. The molecule has 2 N–H and O–H groups in total. The van der Waals surface area contributed by atoms with Crippen LogP contribution >= 0.6 is 0 Å². The number of rotatable bonds is 8. The number of fused-ring (bicyclic) bond motifs is 1. The first-order valence-corrected chi connectivity index (χ1v) is 9.74. The van der Waals surface area contributed by atoms with Crippen LogP contribution in [0.1, 0.15) is 43.5 Å². The van der Waals surface area contributed by atoms with Crippen LogP contribution in [0.5, 0.6) is 0 Å². The summed E-state index contributed by atoms with van der Waals surface area (Å²) in [5.74, 6) is -0.254. The summed E-state index contributed by atoms with van der Waals surface area (Å²) in [5.41, 5.74) is -0.109. The van der Waals surface area contributed by atoms with Crippen molar-refractivity contribution in [2.45, 2.75) is 51.9 Å². The second-order valence-electron chi connectivity index (χ2n) is 7.27. The molecule has 1 aliphatic rings. The highest BCUT2D eigenvalue weighted by Crippen LogP contribution is 2.13. The summed E-state index contributed by atoms with van der Waals surface area (Å²) < 4.78 is 12.1. The molecule has 1 atom stereocenters. The highest BCUT2D eigenvalue weighted by Gasteiger charge is 2.19. The van der Waals surface area contributed by atoms with Crippen molar-refractivity contribution in [1.82, 2.24) is 14.9 Å². The van der Waals surface area contributed by atoms with Gasteiger partial charge in [0.25, 0.3) is 11.5 Å². The van der Waals surface area contributed by atoms with E-state index in [0.717, 1.165) is 12.8 Å². The summed E-state index contributed by atoms with van der Waals surface area (Å²) in [6, 6.07) is 4.71. The molecule has 1 aliphatic heterocycles. The molecule has 8 nitrogen and oxygen atoms in total. The fourth-order valence-electron chi connectivity index (χ4n) is 3.25. The zero-order valence-electron chi connectivity index (χ0n) is 16.3. The number of hydrogen-bond acceptors (Lipinski definition) is 5. The molecule has 1 aromatic carbocycles. The predicted molar refractivity (Wildman–Crippen MR) is 106 cm³/mol. The SMILES string of the molecule is CC(C)OCCCNC(=O)c1ccc2c(=O)n(CC3CCCO3)c(=O)[nH]c2c1. The third kappa shape index (κ3) is 4.88. The lowest BCUT2D eigenvalue weighted by molar-refractivity contribution is 0.0757. The van der Waals surface area contributed by atoms with E-state index in [1.165, 1.54) is 10.6 Å². The van der Waals surface area contributed by atoms with Gasteiger partial charge in [-0.2, -0.15) is 0 Å². The molecular weight excluding hydrogens is 362 g/mol. The lowest BCUT2D eigenvalue weighted by Gasteiger charge is -2.12. The van der Waals surface area contributed by atoms with Gasteiger partial charge in [-0.3, -0.25) is 14.2 Å². The minimum Gasteiger partial charge on any atom is -0.379 e. The fraction of sp³-hybridized carbons (Fsp3) is 0.550. The Hall–Kier alpha value is -2.45. The Morgan fingerprint density at radius 3 is 2.93 bits per heavy atom. The van der Waals surface area contributed by atoms with Crippen LogP contribution in [0.4, 0.5) is 0 Å². The van der Waals surface area contributed by atoms with Gasteiger partial charge in [-0.15, -0.1) is 0 Å². The average molecular weight is 389 g/mol. The van der Waals surface area contributed by atoms with Crippen LogP contribution in [0.25, 0.3) is 10.9 Å². The Kier molecular flexibility index (Phi) is 6.64. The molecule has 1 aromatic heterocycles. The molecule has 2 aromatic rings. The van der Waals surface area contributed by atoms with Gasteiger partial charge >= 0.3 is 5.69 Å².